The van der Waals surface area contributed by atoms with Crippen LogP contribution in [0.2, 0.25) is 0 Å². The molecule has 12 nitrogen and oxygen atoms in total. The molecular formula is C43H44N6O6. The summed E-state index contributed by atoms with van der Waals surface area (Å²) in [4.78, 5) is 56.8. The van der Waals surface area contributed by atoms with Crippen LogP contribution in [-0.2, 0) is 28.7 Å². The van der Waals surface area contributed by atoms with Crippen molar-refractivity contribution >= 4 is 35.0 Å². The van der Waals surface area contributed by atoms with E-state index in [1.807, 2.05) is 115 Å². The van der Waals surface area contributed by atoms with Crippen LogP contribution in [0.1, 0.15) is 49.0 Å². The molecule has 4 aromatic carbocycles. The first-order valence-electron chi connectivity index (χ1n) is 18.5. The maximum atomic E-state index is 13.4. The van der Waals surface area contributed by atoms with E-state index in [1.165, 1.54) is 14.2 Å². The number of anilines is 2. The van der Waals surface area contributed by atoms with Gasteiger partial charge in [0.1, 0.15) is 12.1 Å². The van der Waals surface area contributed by atoms with Crippen molar-refractivity contribution in [3.05, 3.63) is 126 Å². The number of ether oxygens (including phenoxy) is 2. The molecule has 282 valence electrons. The van der Waals surface area contributed by atoms with Crippen LogP contribution in [0.3, 0.4) is 0 Å². The van der Waals surface area contributed by atoms with E-state index in [2.05, 4.69) is 20.8 Å². The second kappa shape index (κ2) is 16.9. The van der Waals surface area contributed by atoms with Crippen LogP contribution < -0.4 is 10.6 Å². The molecule has 7 rings (SSSR count). The number of amides is 4. The first-order chi connectivity index (χ1) is 26.8. The zero-order valence-corrected chi connectivity index (χ0v) is 30.8. The molecule has 12 heteroatoms. The van der Waals surface area contributed by atoms with Crippen LogP contribution >= 0.6 is 0 Å². The summed E-state index contributed by atoms with van der Waals surface area (Å²) in [6.07, 6.45) is 1.09. The zero-order chi connectivity index (χ0) is 38.3. The van der Waals surface area contributed by atoms with Gasteiger partial charge in [-0.2, -0.15) is 5.10 Å². The highest BCUT2D eigenvalue weighted by Crippen LogP contribution is 2.30. The van der Waals surface area contributed by atoms with Gasteiger partial charge in [-0.1, -0.05) is 84.9 Å². The van der Waals surface area contributed by atoms with Gasteiger partial charge in [0.05, 0.1) is 11.4 Å². The summed E-state index contributed by atoms with van der Waals surface area (Å²) in [6.45, 7) is 0.989. The molecular weight excluding hydrogens is 697 g/mol. The van der Waals surface area contributed by atoms with Crippen LogP contribution in [0, 0.1) is 0 Å². The van der Waals surface area contributed by atoms with E-state index in [1.54, 1.807) is 9.80 Å². The highest BCUT2D eigenvalue weighted by atomic mass is 16.5. The second-order valence-electron chi connectivity index (χ2n) is 13.7. The number of H-pyrrole nitrogens is 1. The number of aromatic nitrogens is 2. The Morgan fingerprint density at radius 3 is 1.51 bits per heavy atom. The van der Waals surface area contributed by atoms with E-state index in [9.17, 15) is 19.2 Å². The summed E-state index contributed by atoms with van der Waals surface area (Å²) in [5.41, 5.74) is 5.99. The van der Waals surface area contributed by atoms with E-state index in [0.29, 0.717) is 37.3 Å². The molecule has 0 bridgehead atoms. The number of aromatic amines is 1. The van der Waals surface area contributed by atoms with E-state index in [4.69, 9.17) is 9.47 Å². The molecule has 2 saturated heterocycles. The van der Waals surface area contributed by atoms with Gasteiger partial charge in [-0.05, 0) is 72.7 Å². The number of carbonyl (C=O) groups is 4. The molecule has 0 aliphatic carbocycles. The third-order valence-corrected chi connectivity index (χ3v) is 10.3. The van der Waals surface area contributed by atoms with Gasteiger partial charge in [0.25, 0.3) is 11.8 Å². The molecule has 4 amide bonds. The topological polar surface area (TPSA) is 146 Å². The number of likely N-dealkylation sites (tertiary alicyclic amines) is 2. The predicted octanol–water partition coefficient (Wildman–Crippen LogP) is 6.38. The molecule has 55 heavy (non-hydrogen) atoms. The molecule has 3 heterocycles. The van der Waals surface area contributed by atoms with E-state index in [-0.39, 0.29) is 23.6 Å². The van der Waals surface area contributed by atoms with Crippen LogP contribution in [0.4, 0.5) is 11.4 Å². The van der Waals surface area contributed by atoms with Crippen molar-refractivity contribution in [3.63, 3.8) is 0 Å². The minimum atomic E-state index is -0.770. The summed E-state index contributed by atoms with van der Waals surface area (Å²) < 4.78 is 11.1. The first-order valence-corrected chi connectivity index (χ1v) is 18.5. The van der Waals surface area contributed by atoms with E-state index >= 15 is 0 Å². The number of hydrogen-bond acceptors (Lipinski definition) is 7. The Bertz CT molecular complexity index is 1960. The Morgan fingerprint density at radius 2 is 1.07 bits per heavy atom. The second-order valence-corrected chi connectivity index (χ2v) is 13.7. The Kier molecular flexibility index (Phi) is 11.4. The minimum absolute atomic E-state index is 0.222. The summed E-state index contributed by atoms with van der Waals surface area (Å²) in [5, 5.41) is 13.5. The fraction of sp³-hybridized carbons (Fsp3) is 0.279. The molecule has 0 radical (unpaired) electrons. The maximum absolute atomic E-state index is 13.4. The normalized spacial score (nSPS) is 17.8. The summed E-state index contributed by atoms with van der Waals surface area (Å²) in [6, 6.07) is 34.2. The average Bonchev–Trinajstić information content (AvgIpc) is 4.02. The third kappa shape index (κ3) is 8.20. The zero-order valence-electron chi connectivity index (χ0n) is 30.8. The molecule has 4 atom stereocenters. The lowest BCUT2D eigenvalue weighted by Gasteiger charge is -2.27. The highest BCUT2D eigenvalue weighted by Gasteiger charge is 2.39. The van der Waals surface area contributed by atoms with Crippen molar-refractivity contribution in [1.82, 2.24) is 20.0 Å². The number of methoxy groups -OCH3 is 2. The monoisotopic (exact) mass is 740 g/mol. The number of nitrogens with one attached hydrogen (secondary N) is 3. The molecule has 1 aromatic heterocycles. The minimum Gasteiger partial charge on any atom is -0.367 e. The van der Waals surface area contributed by atoms with Crippen LogP contribution in [0.15, 0.2) is 115 Å². The van der Waals surface area contributed by atoms with Gasteiger partial charge in [-0.25, -0.2) is 0 Å². The van der Waals surface area contributed by atoms with Crippen molar-refractivity contribution in [3.8, 4) is 22.5 Å². The van der Waals surface area contributed by atoms with Crippen molar-refractivity contribution in [2.75, 3.05) is 37.9 Å². The fourth-order valence-electron chi connectivity index (χ4n) is 7.45. The smallest absolute Gasteiger partial charge is 0.257 e. The van der Waals surface area contributed by atoms with Gasteiger partial charge in [0.15, 0.2) is 12.2 Å². The summed E-state index contributed by atoms with van der Waals surface area (Å²) >= 11 is 0. The number of benzene rings is 4. The average molecular weight is 741 g/mol. The molecule has 0 spiro atoms. The number of hydrogen-bond donors (Lipinski definition) is 3. The van der Waals surface area contributed by atoms with Crippen LogP contribution in [-0.4, -0.2) is 83.0 Å². The third-order valence-electron chi connectivity index (χ3n) is 10.3. The molecule has 0 saturated carbocycles. The van der Waals surface area contributed by atoms with Gasteiger partial charge in [0, 0.05) is 44.2 Å². The highest BCUT2D eigenvalue weighted by molar-refractivity contribution is 5.99. The Balaban J connectivity index is 0.944. The number of carbonyl (C=O) groups excluding carboxylic acids is 4. The van der Waals surface area contributed by atoms with Gasteiger partial charge < -0.3 is 29.9 Å². The molecule has 2 aliphatic rings. The predicted molar refractivity (Wildman–Crippen MR) is 209 cm³/mol. The van der Waals surface area contributed by atoms with Crippen LogP contribution in [0.25, 0.3) is 22.5 Å². The lowest BCUT2D eigenvalue weighted by atomic mass is 10.1. The van der Waals surface area contributed by atoms with Crippen molar-refractivity contribution in [2.24, 2.45) is 0 Å². The Labute approximate surface area is 319 Å². The maximum Gasteiger partial charge on any atom is 0.257 e. The molecule has 2 unspecified atom stereocenters. The molecule has 5 aromatic rings. The van der Waals surface area contributed by atoms with E-state index in [0.717, 1.165) is 46.5 Å². The van der Waals surface area contributed by atoms with Gasteiger partial charge in [-0.3, -0.25) is 24.3 Å². The molecule has 2 fully saturated rings. The lowest BCUT2D eigenvalue weighted by molar-refractivity contribution is -0.146. The lowest BCUT2D eigenvalue weighted by Crippen LogP contribution is -2.45. The van der Waals surface area contributed by atoms with E-state index < -0.39 is 24.3 Å². The van der Waals surface area contributed by atoms with Gasteiger partial charge >= 0.3 is 0 Å². The van der Waals surface area contributed by atoms with Crippen LogP contribution in [0.5, 0.6) is 0 Å². The fourth-order valence-corrected chi connectivity index (χ4v) is 7.45. The SMILES string of the molecule is CO[C@H](C(=O)N1CCCC1C(=O)Nc1ccc(-c2cc(-c3ccc(NC(=O)C4CCCN4C(=O)[C@@H](OC)c4ccccc4)cc3)[nH]n2)cc1)c1ccccc1. The van der Waals surface area contributed by atoms with Crippen molar-refractivity contribution in [2.45, 2.75) is 50.0 Å². The first kappa shape index (κ1) is 37.2. The standard InChI is InChI=1S/C43H44N6O6/c1-54-38(30-11-5-3-6-12-30)42(52)48-25-9-15-36(48)40(50)44-32-21-17-28(18-22-32)34-27-35(47-46-34)29-19-23-33(24-20-29)45-41(51)37-16-10-26-49(37)43(53)39(55-2)31-13-7-4-8-14-31/h3-8,11-14,17-24,27,36-39H,9-10,15-16,25-26H2,1-2H3,(H,44,50)(H,45,51)(H,46,47)/t36?,37?,38-,39-/m0/s1. The summed E-state index contributed by atoms with van der Waals surface area (Å²) in [7, 11) is 3.01. The van der Waals surface area contributed by atoms with Crippen molar-refractivity contribution in [1.29, 1.82) is 0 Å². The van der Waals surface area contributed by atoms with Gasteiger partial charge in [0.2, 0.25) is 11.8 Å². The number of rotatable bonds is 12. The van der Waals surface area contributed by atoms with Crippen molar-refractivity contribution < 1.29 is 28.7 Å². The summed E-state index contributed by atoms with van der Waals surface area (Å²) in [5.74, 6) is -0.915. The molecule has 2 aliphatic heterocycles. The van der Waals surface area contributed by atoms with Gasteiger partial charge in [-0.15, -0.1) is 0 Å². The Hall–Kier alpha value is -6.11. The Morgan fingerprint density at radius 1 is 0.636 bits per heavy atom. The largest absolute Gasteiger partial charge is 0.367 e. The quantitative estimate of drug-likeness (QED) is 0.135. The number of nitrogens with zero attached hydrogens (tertiary/aromatic N) is 3. The molecule has 3 N–H and O–H groups in total.